The smallest absolute Gasteiger partial charge is 0.434 e. The van der Waals surface area contributed by atoms with Gasteiger partial charge in [-0.2, -0.15) is 0 Å². The first-order valence-electron chi connectivity index (χ1n) is 8.72. The van der Waals surface area contributed by atoms with Gasteiger partial charge in [-0.1, -0.05) is 0 Å². The summed E-state index contributed by atoms with van der Waals surface area (Å²) in [5.74, 6) is 1.68. The van der Waals surface area contributed by atoms with E-state index in [1.807, 2.05) is 0 Å². The minimum atomic E-state index is -0.548. The van der Waals surface area contributed by atoms with Gasteiger partial charge in [-0.25, -0.2) is 4.79 Å². The van der Waals surface area contributed by atoms with Crippen molar-refractivity contribution in [1.82, 2.24) is 0 Å². The molecule has 5 nitrogen and oxygen atoms in total. The zero-order chi connectivity index (χ0) is 15.8. The Balaban J connectivity index is 1.53. The van der Waals surface area contributed by atoms with Crippen LogP contribution in [0.25, 0.3) is 0 Å². The van der Waals surface area contributed by atoms with Crippen LogP contribution in [0, 0.1) is 23.7 Å². The molecule has 0 aromatic heterocycles. The molecule has 5 heteroatoms. The largest absolute Gasteiger partial charge is 0.508 e. The lowest BCUT2D eigenvalue weighted by molar-refractivity contribution is 0.0206. The fourth-order valence-electron chi connectivity index (χ4n) is 3.57. The number of carbonyl (C=O) groups excluding carboxylic acids is 1. The third-order valence-corrected chi connectivity index (χ3v) is 5.32. The zero-order valence-electron chi connectivity index (χ0n) is 13.4. The number of rotatable bonds is 6. The van der Waals surface area contributed by atoms with Gasteiger partial charge < -0.3 is 19.7 Å². The third kappa shape index (κ3) is 5.76. The van der Waals surface area contributed by atoms with Crippen LogP contribution in [-0.4, -0.2) is 42.8 Å². The Morgan fingerprint density at radius 3 is 1.32 bits per heavy atom. The Morgan fingerprint density at radius 1 is 0.682 bits per heavy atom. The lowest BCUT2D eigenvalue weighted by Gasteiger charge is -2.27. The van der Waals surface area contributed by atoms with Crippen LogP contribution in [-0.2, 0) is 9.47 Å². The molecule has 2 aliphatic carbocycles. The molecule has 0 aromatic carbocycles. The van der Waals surface area contributed by atoms with Crippen molar-refractivity contribution in [2.75, 3.05) is 26.4 Å². The second kappa shape index (κ2) is 9.36. The predicted molar refractivity (Wildman–Crippen MR) is 82.4 cm³/mol. The van der Waals surface area contributed by atoms with E-state index < -0.39 is 6.16 Å². The van der Waals surface area contributed by atoms with E-state index in [0.717, 1.165) is 51.4 Å². The van der Waals surface area contributed by atoms with E-state index in [1.54, 1.807) is 0 Å². The Hall–Kier alpha value is -0.810. The molecule has 0 aliphatic heterocycles. The second-order valence-corrected chi connectivity index (χ2v) is 7.01. The quantitative estimate of drug-likeness (QED) is 0.737. The molecule has 0 unspecified atom stereocenters. The van der Waals surface area contributed by atoms with Gasteiger partial charge >= 0.3 is 6.16 Å². The van der Waals surface area contributed by atoms with Crippen molar-refractivity contribution in [1.29, 1.82) is 0 Å². The molecule has 0 saturated heterocycles. The van der Waals surface area contributed by atoms with E-state index in [1.165, 1.54) is 0 Å². The fourth-order valence-corrected chi connectivity index (χ4v) is 3.57. The molecule has 0 amide bonds. The second-order valence-electron chi connectivity index (χ2n) is 7.01. The van der Waals surface area contributed by atoms with Gasteiger partial charge in [0.05, 0.1) is 13.2 Å². The van der Waals surface area contributed by atoms with E-state index in [0.29, 0.717) is 36.9 Å². The van der Waals surface area contributed by atoms with Gasteiger partial charge in [-0.15, -0.1) is 0 Å². The highest BCUT2D eigenvalue weighted by molar-refractivity contribution is 5.59. The van der Waals surface area contributed by atoms with Crippen molar-refractivity contribution < 1.29 is 24.5 Å². The van der Waals surface area contributed by atoms with Crippen LogP contribution in [0.2, 0.25) is 0 Å². The third-order valence-electron chi connectivity index (χ3n) is 5.32. The van der Waals surface area contributed by atoms with E-state index in [2.05, 4.69) is 0 Å². The highest BCUT2D eigenvalue weighted by Crippen LogP contribution is 2.29. The van der Waals surface area contributed by atoms with Gasteiger partial charge in [0.1, 0.15) is 0 Å². The number of ether oxygens (including phenoxy) is 2. The normalized spacial score (nSPS) is 32.5. The highest BCUT2D eigenvalue weighted by atomic mass is 16.7. The SMILES string of the molecule is O=C(OCC1CCC(CO)CC1)OCC1CCC(CO)CC1. The molecule has 0 aromatic rings. The lowest BCUT2D eigenvalue weighted by atomic mass is 9.83. The standard InChI is InChI=1S/C17H30O5/c18-9-13-1-5-15(6-2-13)11-21-17(20)22-12-16-7-3-14(10-19)4-8-16/h13-16,18-19H,1-12H2. The molecule has 2 aliphatic rings. The van der Waals surface area contributed by atoms with E-state index in [9.17, 15) is 4.79 Å². The number of carbonyl (C=O) groups is 1. The summed E-state index contributed by atoms with van der Waals surface area (Å²) < 4.78 is 10.4. The first-order chi connectivity index (χ1) is 10.7. The monoisotopic (exact) mass is 314 g/mol. The minimum Gasteiger partial charge on any atom is -0.434 e. The van der Waals surface area contributed by atoms with Crippen LogP contribution in [0.1, 0.15) is 51.4 Å². The molecule has 0 heterocycles. The number of aliphatic hydroxyl groups is 2. The van der Waals surface area contributed by atoms with E-state index in [-0.39, 0.29) is 13.2 Å². The maximum absolute atomic E-state index is 11.6. The van der Waals surface area contributed by atoms with Crippen LogP contribution in [0.15, 0.2) is 0 Å². The molecular formula is C17H30O5. The van der Waals surface area contributed by atoms with Crippen LogP contribution < -0.4 is 0 Å². The average Bonchev–Trinajstić information content (AvgIpc) is 2.59. The van der Waals surface area contributed by atoms with Crippen molar-refractivity contribution in [3.63, 3.8) is 0 Å². The highest BCUT2D eigenvalue weighted by Gasteiger charge is 2.24. The zero-order valence-corrected chi connectivity index (χ0v) is 13.4. The van der Waals surface area contributed by atoms with Gasteiger partial charge in [-0.3, -0.25) is 0 Å². The van der Waals surface area contributed by atoms with Crippen molar-refractivity contribution in [3.8, 4) is 0 Å². The number of hydrogen-bond donors (Lipinski definition) is 2. The van der Waals surface area contributed by atoms with Gasteiger partial charge in [0.15, 0.2) is 0 Å². The summed E-state index contributed by atoms with van der Waals surface area (Å²) in [7, 11) is 0. The Labute approximate surface area is 133 Å². The van der Waals surface area contributed by atoms with Crippen LogP contribution >= 0.6 is 0 Å². The summed E-state index contributed by atoms with van der Waals surface area (Å²) >= 11 is 0. The molecule has 128 valence electrons. The van der Waals surface area contributed by atoms with Gasteiger partial charge in [0.2, 0.25) is 0 Å². The molecule has 0 radical (unpaired) electrons. The average molecular weight is 314 g/mol. The summed E-state index contributed by atoms with van der Waals surface area (Å²) in [6, 6.07) is 0. The van der Waals surface area contributed by atoms with Crippen molar-refractivity contribution in [2.24, 2.45) is 23.7 Å². The molecular weight excluding hydrogens is 284 g/mol. The summed E-state index contributed by atoms with van der Waals surface area (Å²) in [5, 5.41) is 18.2. The Morgan fingerprint density at radius 2 is 1.00 bits per heavy atom. The summed E-state index contributed by atoms with van der Waals surface area (Å²) in [6.45, 7) is 1.42. The maximum Gasteiger partial charge on any atom is 0.508 e. The molecule has 0 bridgehead atoms. The van der Waals surface area contributed by atoms with Crippen LogP contribution in [0.5, 0.6) is 0 Å². The maximum atomic E-state index is 11.6. The molecule has 2 saturated carbocycles. The van der Waals surface area contributed by atoms with Gasteiger partial charge in [0, 0.05) is 13.2 Å². The minimum absolute atomic E-state index is 0.272. The van der Waals surface area contributed by atoms with E-state index in [4.69, 9.17) is 19.7 Å². The predicted octanol–water partition coefficient (Wildman–Crippen LogP) is 2.74. The summed E-state index contributed by atoms with van der Waals surface area (Å²) in [4.78, 5) is 11.6. The number of aliphatic hydroxyl groups excluding tert-OH is 2. The molecule has 0 spiro atoms. The Kier molecular flexibility index (Phi) is 7.46. The van der Waals surface area contributed by atoms with Gasteiger partial charge in [0.25, 0.3) is 0 Å². The fraction of sp³-hybridized carbons (Fsp3) is 0.941. The summed E-state index contributed by atoms with van der Waals surface area (Å²) in [6.07, 6.45) is 7.61. The topological polar surface area (TPSA) is 76.0 Å². The lowest BCUT2D eigenvalue weighted by Crippen LogP contribution is -2.24. The van der Waals surface area contributed by atoms with Crippen molar-refractivity contribution in [3.05, 3.63) is 0 Å². The number of hydrogen-bond acceptors (Lipinski definition) is 5. The molecule has 0 atom stereocenters. The first kappa shape index (κ1) is 17.5. The first-order valence-corrected chi connectivity index (χ1v) is 8.72. The Bertz CT molecular complexity index is 287. The molecule has 2 rings (SSSR count). The van der Waals surface area contributed by atoms with E-state index >= 15 is 0 Å². The van der Waals surface area contributed by atoms with Crippen molar-refractivity contribution in [2.45, 2.75) is 51.4 Å². The summed E-state index contributed by atoms with van der Waals surface area (Å²) in [5.41, 5.74) is 0. The van der Waals surface area contributed by atoms with Gasteiger partial charge in [-0.05, 0) is 75.0 Å². The molecule has 2 fully saturated rings. The van der Waals surface area contributed by atoms with Crippen molar-refractivity contribution >= 4 is 6.16 Å². The van der Waals surface area contributed by atoms with Crippen LogP contribution in [0.4, 0.5) is 4.79 Å². The molecule has 2 N–H and O–H groups in total. The van der Waals surface area contributed by atoms with Crippen LogP contribution in [0.3, 0.4) is 0 Å². The molecule has 22 heavy (non-hydrogen) atoms.